The monoisotopic (exact) mass is 325 g/mol. The lowest BCUT2D eigenvalue weighted by Crippen LogP contribution is -2.50. The summed E-state index contributed by atoms with van der Waals surface area (Å²) >= 11 is 0. The number of hydrogen-bond acceptors (Lipinski definition) is 0. The van der Waals surface area contributed by atoms with Crippen LogP contribution < -0.4 is 0 Å². The molecule has 0 aliphatic heterocycles. The van der Waals surface area contributed by atoms with E-state index in [1.54, 1.807) is 83.5 Å². The smallest absolute Gasteiger partial charge is 0.0261 e. The predicted molar refractivity (Wildman–Crippen MR) is 99.3 cm³/mol. The molecule has 0 N–H and O–H groups in total. The van der Waals surface area contributed by atoms with Gasteiger partial charge in [-0.05, 0) is 149 Å². The van der Waals surface area contributed by atoms with Gasteiger partial charge in [-0.2, -0.15) is 0 Å². The lowest BCUT2D eigenvalue weighted by molar-refractivity contribution is -0.0906. The summed E-state index contributed by atoms with van der Waals surface area (Å²) in [6.07, 6.45) is 22.1. The second kappa shape index (κ2) is 5.04. The van der Waals surface area contributed by atoms with Gasteiger partial charge in [-0.15, -0.1) is 0 Å². The summed E-state index contributed by atoms with van der Waals surface area (Å²) < 4.78 is 0. The predicted octanol–water partition coefficient (Wildman–Crippen LogP) is 6.65. The number of hydrogen-bond donors (Lipinski definition) is 0. The van der Waals surface area contributed by atoms with E-state index in [1.807, 2.05) is 0 Å². The molecule has 8 aliphatic carbocycles. The Bertz CT molecular complexity index is 444. The summed E-state index contributed by atoms with van der Waals surface area (Å²) in [7, 11) is 0. The van der Waals surface area contributed by atoms with Crippen molar-refractivity contribution < 1.29 is 0 Å². The Balaban J connectivity index is 1.16. The van der Waals surface area contributed by atoms with E-state index < -0.39 is 0 Å². The summed E-state index contributed by atoms with van der Waals surface area (Å²) in [4.78, 5) is 0. The lowest BCUT2D eigenvalue weighted by Gasteiger charge is -2.60. The Morgan fingerprint density at radius 2 is 1.00 bits per heavy atom. The topological polar surface area (TPSA) is 0 Å². The molecular formula is C24H37. The Morgan fingerprint density at radius 1 is 0.625 bits per heavy atom. The zero-order chi connectivity index (χ0) is 15.9. The fourth-order valence-corrected chi connectivity index (χ4v) is 10.1. The first-order chi connectivity index (χ1) is 11.6. The van der Waals surface area contributed by atoms with E-state index in [9.17, 15) is 0 Å². The SMILES string of the molecule is [CH2]C(CCC12CC3CC(CC(C3)C1)C2)C12CC3CC(CC(C3)C1)C2. The van der Waals surface area contributed by atoms with Crippen LogP contribution >= 0.6 is 0 Å². The van der Waals surface area contributed by atoms with E-state index in [4.69, 9.17) is 6.92 Å². The van der Waals surface area contributed by atoms with Crippen molar-refractivity contribution in [2.75, 3.05) is 0 Å². The Morgan fingerprint density at radius 3 is 1.42 bits per heavy atom. The summed E-state index contributed by atoms with van der Waals surface area (Å²) in [5.74, 6) is 7.44. The van der Waals surface area contributed by atoms with Gasteiger partial charge < -0.3 is 0 Å². The molecule has 8 aliphatic rings. The fourth-order valence-electron chi connectivity index (χ4n) is 10.1. The molecule has 0 heteroatoms. The molecule has 8 bridgehead atoms. The molecule has 8 fully saturated rings. The van der Waals surface area contributed by atoms with E-state index in [2.05, 4.69) is 0 Å². The normalized spacial score (nSPS) is 58.4. The van der Waals surface area contributed by atoms with Gasteiger partial charge in [0.15, 0.2) is 0 Å². The molecule has 0 aromatic carbocycles. The Labute approximate surface area is 149 Å². The molecule has 0 saturated heterocycles. The van der Waals surface area contributed by atoms with Crippen LogP contribution in [0.2, 0.25) is 0 Å². The second-order valence-electron chi connectivity index (χ2n) is 11.9. The van der Waals surface area contributed by atoms with Crippen molar-refractivity contribution >= 4 is 0 Å². The first-order valence-corrected chi connectivity index (χ1v) is 11.4. The minimum absolute atomic E-state index is 0.692. The summed E-state index contributed by atoms with van der Waals surface area (Å²) in [5.41, 5.74) is 1.48. The largest absolute Gasteiger partial charge is 0.0496 e. The van der Waals surface area contributed by atoms with Crippen LogP contribution in [0.1, 0.15) is 89.9 Å². The highest BCUT2D eigenvalue weighted by atomic mass is 14.6. The highest BCUT2D eigenvalue weighted by molar-refractivity contribution is 5.06. The maximum Gasteiger partial charge on any atom is -0.0261 e. The van der Waals surface area contributed by atoms with Crippen LogP contribution in [-0.4, -0.2) is 0 Å². The van der Waals surface area contributed by atoms with Gasteiger partial charge in [0.2, 0.25) is 0 Å². The third-order valence-electron chi connectivity index (χ3n) is 10.1. The summed E-state index contributed by atoms with van der Waals surface area (Å²) in [6, 6.07) is 0. The van der Waals surface area contributed by atoms with Gasteiger partial charge in [0.25, 0.3) is 0 Å². The van der Waals surface area contributed by atoms with E-state index in [0.29, 0.717) is 5.41 Å². The first kappa shape index (κ1) is 15.1. The molecule has 0 amide bonds. The lowest BCUT2D eigenvalue weighted by atomic mass is 9.45. The van der Waals surface area contributed by atoms with Crippen LogP contribution in [0.15, 0.2) is 0 Å². The third-order valence-corrected chi connectivity index (χ3v) is 10.1. The highest BCUT2D eigenvalue weighted by Crippen LogP contribution is 2.65. The summed E-state index contributed by atoms with van der Waals surface area (Å²) in [6.45, 7) is 4.85. The Kier molecular flexibility index (Phi) is 3.17. The molecule has 1 unspecified atom stereocenters. The van der Waals surface area contributed by atoms with Crippen LogP contribution in [0, 0.1) is 59.2 Å². The molecule has 0 aromatic rings. The molecule has 8 rings (SSSR count). The van der Waals surface area contributed by atoms with Crippen molar-refractivity contribution in [3.05, 3.63) is 6.92 Å². The van der Waals surface area contributed by atoms with Crippen LogP contribution in [0.25, 0.3) is 0 Å². The maximum atomic E-state index is 4.85. The Hall–Kier alpha value is 0. The molecule has 1 atom stereocenters. The van der Waals surface area contributed by atoms with Gasteiger partial charge in [0.1, 0.15) is 0 Å². The molecule has 0 spiro atoms. The van der Waals surface area contributed by atoms with Crippen molar-refractivity contribution in [2.45, 2.75) is 89.9 Å². The van der Waals surface area contributed by atoms with Crippen molar-refractivity contribution in [2.24, 2.45) is 52.3 Å². The average molecular weight is 326 g/mol. The molecule has 0 nitrogen and oxygen atoms in total. The zero-order valence-electron chi connectivity index (χ0n) is 15.6. The van der Waals surface area contributed by atoms with Gasteiger partial charge in [-0.3, -0.25) is 0 Å². The zero-order valence-corrected chi connectivity index (χ0v) is 15.6. The second-order valence-corrected chi connectivity index (χ2v) is 11.9. The van der Waals surface area contributed by atoms with Gasteiger partial charge in [0.05, 0.1) is 0 Å². The summed E-state index contributed by atoms with van der Waals surface area (Å²) in [5, 5.41) is 0. The van der Waals surface area contributed by atoms with Gasteiger partial charge >= 0.3 is 0 Å². The first-order valence-electron chi connectivity index (χ1n) is 11.4. The number of rotatable bonds is 4. The van der Waals surface area contributed by atoms with E-state index in [1.165, 1.54) is 6.42 Å². The van der Waals surface area contributed by atoms with Crippen molar-refractivity contribution in [1.29, 1.82) is 0 Å². The minimum atomic E-state index is 0.692. The molecule has 1 radical (unpaired) electrons. The molecular weight excluding hydrogens is 288 g/mol. The van der Waals surface area contributed by atoms with Crippen LogP contribution in [0.5, 0.6) is 0 Å². The van der Waals surface area contributed by atoms with E-state index >= 15 is 0 Å². The van der Waals surface area contributed by atoms with Gasteiger partial charge in [-0.1, -0.05) is 0 Å². The fraction of sp³-hybridized carbons (Fsp3) is 0.958. The average Bonchev–Trinajstić information content (AvgIpc) is 2.50. The minimum Gasteiger partial charge on any atom is -0.0496 e. The van der Waals surface area contributed by atoms with E-state index in [-0.39, 0.29) is 0 Å². The van der Waals surface area contributed by atoms with Gasteiger partial charge in [-0.25, -0.2) is 0 Å². The van der Waals surface area contributed by atoms with Crippen LogP contribution in [-0.2, 0) is 0 Å². The highest BCUT2D eigenvalue weighted by Gasteiger charge is 2.54. The molecule has 133 valence electrons. The van der Waals surface area contributed by atoms with Crippen LogP contribution in [0.4, 0.5) is 0 Å². The standard InChI is InChI=1S/C24H37/c1-16(24-13-20-7-21(14-24)9-22(8-20)15-24)2-3-23-10-17-4-18(11-23)6-19(5-17)12-23/h16-22H,1-15H2. The molecule has 8 saturated carbocycles. The quantitative estimate of drug-likeness (QED) is 0.543. The van der Waals surface area contributed by atoms with Gasteiger partial charge in [0, 0.05) is 0 Å². The third kappa shape index (κ3) is 2.23. The molecule has 0 heterocycles. The molecule has 0 aromatic heterocycles. The van der Waals surface area contributed by atoms with Crippen molar-refractivity contribution in [3.8, 4) is 0 Å². The van der Waals surface area contributed by atoms with Crippen LogP contribution in [0.3, 0.4) is 0 Å². The van der Waals surface area contributed by atoms with Crippen molar-refractivity contribution in [1.82, 2.24) is 0 Å². The van der Waals surface area contributed by atoms with Crippen molar-refractivity contribution in [3.63, 3.8) is 0 Å². The van der Waals surface area contributed by atoms with E-state index in [0.717, 1.165) is 46.8 Å². The maximum absolute atomic E-state index is 4.85. The molecule has 24 heavy (non-hydrogen) atoms.